The second-order valence-corrected chi connectivity index (χ2v) is 14.8. The lowest BCUT2D eigenvalue weighted by atomic mass is 10.1. The molecule has 0 aliphatic rings. The molecule has 0 amide bonds. The summed E-state index contributed by atoms with van der Waals surface area (Å²) in [6.45, 7) is 2.24. The third kappa shape index (κ3) is 37.8. The van der Waals surface area contributed by atoms with E-state index in [2.05, 4.69) is 79.1 Å². The molecular formula is C42H73O10P. The maximum Gasteiger partial charge on any atom is 0.472 e. The summed E-state index contributed by atoms with van der Waals surface area (Å²) >= 11 is 0. The van der Waals surface area contributed by atoms with Gasteiger partial charge < -0.3 is 24.6 Å². The number of esters is 2. The Hall–Kier alpha value is -2.33. The van der Waals surface area contributed by atoms with Gasteiger partial charge in [-0.05, 0) is 83.5 Å². The summed E-state index contributed by atoms with van der Waals surface area (Å²) in [6, 6.07) is 0. The zero-order valence-corrected chi connectivity index (χ0v) is 33.9. The average molecular weight is 769 g/mol. The van der Waals surface area contributed by atoms with Crippen molar-refractivity contribution >= 4 is 19.8 Å². The summed E-state index contributed by atoms with van der Waals surface area (Å²) in [7, 11) is -4.63. The third-order valence-corrected chi connectivity index (χ3v) is 9.10. The Kier molecular flexibility index (Phi) is 36.3. The van der Waals surface area contributed by atoms with Gasteiger partial charge in [-0.2, -0.15) is 0 Å². The minimum Gasteiger partial charge on any atom is -0.462 e. The highest BCUT2D eigenvalue weighted by Crippen LogP contribution is 2.43. The number of aliphatic hydroxyl groups excluding tert-OH is 2. The molecule has 0 aromatic carbocycles. The van der Waals surface area contributed by atoms with Crippen LogP contribution in [-0.2, 0) is 32.7 Å². The quantitative estimate of drug-likeness (QED) is 0.0241. The Bertz CT molecular complexity index is 1070. The van der Waals surface area contributed by atoms with Gasteiger partial charge >= 0.3 is 19.8 Å². The van der Waals surface area contributed by atoms with Crippen LogP contribution < -0.4 is 0 Å². The molecule has 0 bridgehead atoms. The Labute approximate surface area is 321 Å². The van der Waals surface area contributed by atoms with Crippen LogP contribution >= 0.6 is 7.82 Å². The Morgan fingerprint density at radius 3 is 1.51 bits per heavy atom. The number of rotatable bonds is 37. The lowest BCUT2D eigenvalue weighted by Gasteiger charge is -2.20. The molecule has 0 spiro atoms. The van der Waals surface area contributed by atoms with Crippen molar-refractivity contribution in [1.29, 1.82) is 0 Å². The molecule has 0 saturated heterocycles. The molecular weight excluding hydrogens is 695 g/mol. The van der Waals surface area contributed by atoms with Gasteiger partial charge in [0.15, 0.2) is 6.10 Å². The maximum atomic E-state index is 12.6. The molecule has 3 atom stereocenters. The van der Waals surface area contributed by atoms with Crippen LogP contribution in [0.4, 0.5) is 0 Å². The zero-order chi connectivity index (χ0) is 39.1. The number of carbonyl (C=O) groups is 2. The van der Waals surface area contributed by atoms with E-state index in [1.165, 1.54) is 38.5 Å². The smallest absolute Gasteiger partial charge is 0.462 e. The highest BCUT2D eigenvalue weighted by molar-refractivity contribution is 7.47. The van der Waals surface area contributed by atoms with Gasteiger partial charge in [-0.15, -0.1) is 0 Å². The van der Waals surface area contributed by atoms with Gasteiger partial charge in [0.1, 0.15) is 12.7 Å². The van der Waals surface area contributed by atoms with E-state index in [-0.39, 0.29) is 19.4 Å². The summed E-state index contributed by atoms with van der Waals surface area (Å²) in [4.78, 5) is 34.9. The monoisotopic (exact) mass is 768 g/mol. The van der Waals surface area contributed by atoms with Gasteiger partial charge in [0, 0.05) is 12.8 Å². The number of phosphoric acid groups is 1. The van der Waals surface area contributed by atoms with Crippen molar-refractivity contribution in [1.82, 2.24) is 0 Å². The Balaban J connectivity index is 4.45. The molecule has 0 aliphatic carbocycles. The zero-order valence-electron chi connectivity index (χ0n) is 33.0. The van der Waals surface area contributed by atoms with E-state index in [1.54, 1.807) is 0 Å². The molecule has 0 aromatic rings. The van der Waals surface area contributed by atoms with Crippen LogP contribution in [0.25, 0.3) is 0 Å². The van der Waals surface area contributed by atoms with Crippen LogP contribution in [0.1, 0.15) is 155 Å². The van der Waals surface area contributed by atoms with Crippen molar-refractivity contribution in [3.05, 3.63) is 60.8 Å². The number of hydrogen-bond donors (Lipinski definition) is 3. The lowest BCUT2D eigenvalue weighted by Crippen LogP contribution is -2.29. The third-order valence-electron chi connectivity index (χ3n) is 8.14. The number of aliphatic hydroxyl groups is 2. The van der Waals surface area contributed by atoms with Crippen molar-refractivity contribution in [2.75, 3.05) is 26.4 Å². The van der Waals surface area contributed by atoms with Gasteiger partial charge in [0.25, 0.3) is 0 Å². The summed E-state index contributed by atoms with van der Waals surface area (Å²) in [5.41, 5.74) is 0. The van der Waals surface area contributed by atoms with Gasteiger partial charge in [-0.25, -0.2) is 4.57 Å². The molecule has 0 aliphatic heterocycles. The van der Waals surface area contributed by atoms with E-state index >= 15 is 0 Å². The predicted molar refractivity (Wildman–Crippen MR) is 214 cm³/mol. The maximum absolute atomic E-state index is 12.6. The molecule has 11 heteroatoms. The standard InChI is InChI=1S/C42H73O10P/c1-3-5-7-9-11-13-15-17-19-21-23-25-27-29-31-33-41(45)49-37-40(38-51-53(47,48)50-36-39(44)35-43)52-42(46)34-32-30-28-26-24-22-20-18-16-14-12-10-8-6-4-2/h11-14,17-20,24,26,39-40,43-44H,3-10,15-16,21-23,25,27-38H2,1-2H3,(H,47,48)/t39-,40+/m0/s1. The van der Waals surface area contributed by atoms with Gasteiger partial charge in [0.05, 0.1) is 19.8 Å². The molecule has 0 saturated carbocycles. The van der Waals surface area contributed by atoms with E-state index < -0.39 is 51.8 Å². The summed E-state index contributed by atoms with van der Waals surface area (Å²) in [6.07, 6.45) is 40.4. The predicted octanol–water partition coefficient (Wildman–Crippen LogP) is 10.3. The highest BCUT2D eigenvalue weighted by atomic mass is 31.2. The average Bonchev–Trinajstić information content (AvgIpc) is 3.14. The van der Waals surface area contributed by atoms with Crippen molar-refractivity contribution in [3.63, 3.8) is 0 Å². The first-order chi connectivity index (χ1) is 25.7. The molecule has 53 heavy (non-hydrogen) atoms. The molecule has 0 fully saturated rings. The van der Waals surface area contributed by atoms with Gasteiger partial charge in [0.2, 0.25) is 0 Å². The van der Waals surface area contributed by atoms with Crippen molar-refractivity contribution < 1.29 is 47.8 Å². The largest absolute Gasteiger partial charge is 0.472 e. The van der Waals surface area contributed by atoms with Crippen molar-refractivity contribution in [2.45, 2.75) is 167 Å². The fourth-order valence-corrected chi connectivity index (χ4v) is 5.76. The minimum atomic E-state index is -4.63. The SMILES string of the molecule is CCCCCC=CCC=CCC=CCCCCC(=O)O[C@H](COC(=O)CCCCCCCC=CCC=CCCCCC)COP(=O)(O)OC[C@@H](O)CO. The number of ether oxygens (including phenoxy) is 2. The first kappa shape index (κ1) is 50.7. The molecule has 0 heterocycles. The number of unbranched alkanes of at least 4 members (excludes halogenated alkanes) is 13. The fourth-order valence-electron chi connectivity index (χ4n) is 4.97. The molecule has 0 rings (SSSR count). The van der Waals surface area contributed by atoms with Gasteiger partial charge in [-0.3, -0.25) is 18.6 Å². The van der Waals surface area contributed by atoms with E-state index in [4.69, 9.17) is 19.1 Å². The second kappa shape index (κ2) is 38.0. The van der Waals surface area contributed by atoms with Crippen molar-refractivity contribution in [2.24, 2.45) is 0 Å². The van der Waals surface area contributed by atoms with Gasteiger partial charge in [-0.1, -0.05) is 120 Å². The van der Waals surface area contributed by atoms with E-state index in [9.17, 15) is 24.2 Å². The Morgan fingerprint density at radius 1 is 0.566 bits per heavy atom. The number of hydrogen-bond acceptors (Lipinski definition) is 9. The Morgan fingerprint density at radius 2 is 0.981 bits per heavy atom. The van der Waals surface area contributed by atoms with Crippen LogP contribution in [0, 0.1) is 0 Å². The summed E-state index contributed by atoms with van der Waals surface area (Å²) < 4.78 is 32.6. The number of allylic oxidation sites excluding steroid dienone is 10. The molecule has 0 aromatic heterocycles. The van der Waals surface area contributed by atoms with Crippen LogP contribution in [0.2, 0.25) is 0 Å². The molecule has 3 N–H and O–H groups in total. The van der Waals surface area contributed by atoms with Crippen LogP contribution in [0.15, 0.2) is 60.8 Å². The summed E-state index contributed by atoms with van der Waals surface area (Å²) in [5.74, 6) is -0.992. The molecule has 1 unspecified atom stereocenters. The first-order valence-electron chi connectivity index (χ1n) is 20.2. The molecule has 0 radical (unpaired) electrons. The summed E-state index contributed by atoms with van der Waals surface area (Å²) in [5, 5.41) is 18.3. The second-order valence-electron chi connectivity index (χ2n) is 13.3. The number of carbonyl (C=O) groups excluding carboxylic acids is 2. The lowest BCUT2D eigenvalue weighted by molar-refractivity contribution is -0.161. The van der Waals surface area contributed by atoms with E-state index in [0.29, 0.717) is 12.8 Å². The van der Waals surface area contributed by atoms with E-state index in [1.807, 2.05) is 0 Å². The highest BCUT2D eigenvalue weighted by Gasteiger charge is 2.27. The van der Waals surface area contributed by atoms with Crippen LogP contribution in [-0.4, -0.2) is 65.7 Å². The number of phosphoric ester groups is 1. The molecule has 10 nitrogen and oxygen atoms in total. The normalized spacial score (nSPS) is 14.6. The fraction of sp³-hybridized carbons (Fsp3) is 0.714. The van der Waals surface area contributed by atoms with Crippen molar-refractivity contribution in [3.8, 4) is 0 Å². The first-order valence-corrected chi connectivity index (χ1v) is 21.7. The van der Waals surface area contributed by atoms with Crippen LogP contribution in [0.5, 0.6) is 0 Å². The van der Waals surface area contributed by atoms with Crippen LogP contribution in [0.3, 0.4) is 0 Å². The minimum absolute atomic E-state index is 0.130. The van der Waals surface area contributed by atoms with E-state index in [0.717, 1.165) is 77.0 Å². The topological polar surface area (TPSA) is 149 Å². The molecule has 306 valence electrons.